The van der Waals surface area contributed by atoms with Crippen LogP contribution < -0.4 is 5.32 Å². The first kappa shape index (κ1) is 14.4. The molecule has 1 fully saturated rings. The van der Waals surface area contributed by atoms with E-state index in [2.05, 4.69) is 23.3 Å². The second kappa shape index (κ2) is 6.46. The number of rotatable bonds is 3. The molecule has 0 spiro atoms. The molecule has 0 amide bonds. The van der Waals surface area contributed by atoms with Gasteiger partial charge in [-0.25, -0.2) is 4.39 Å². The number of hydrogen-bond acceptors (Lipinski definition) is 3. The number of nitrogens with one attached hydrogen (secondary N) is 1. The molecule has 110 valence electrons. The lowest BCUT2D eigenvalue weighted by Gasteiger charge is -2.32. The topological polar surface area (TPSA) is 15.3 Å². The summed E-state index contributed by atoms with van der Waals surface area (Å²) in [5.74, 6) is 1.73. The minimum absolute atomic E-state index is 0.0571. The molecule has 2 aliphatic heterocycles. The predicted octanol–water partition coefficient (Wildman–Crippen LogP) is 3.29. The second-order valence-electron chi connectivity index (χ2n) is 6.00. The van der Waals surface area contributed by atoms with Crippen LogP contribution in [-0.4, -0.2) is 37.3 Å². The number of piperidine rings is 1. The van der Waals surface area contributed by atoms with Crippen molar-refractivity contribution in [3.63, 3.8) is 0 Å². The molecule has 1 aromatic carbocycles. The number of fused-ring (bicyclic) bond motifs is 1. The highest BCUT2D eigenvalue weighted by Crippen LogP contribution is 2.37. The summed E-state index contributed by atoms with van der Waals surface area (Å²) in [4.78, 5) is 3.26. The van der Waals surface area contributed by atoms with Gasteiger partial charge in [0, 0.05) is 10.9 Å². The second-order valence-corrected chi connectivity index (χ2v) is 7.11. The van der Waals surface area contributed by atoms with Gasteiger partial charge in [0.1, 0.15) is 5.82 Å². The molecule has 0 radical (unpaired) electrons. The Morgan fingerprint density at radius 2 is 2.10 bits per heavy atom. The van der Waals surface area contributed by atoms with Crippen LogP contribution >= 0.6 is 11.8 Å². The van der Waals surface area contributed by atoms with Gasteiger partial charge in [-0.3, -0.25) is 0 Å². The van der Waals surface area contributed by atoms with E-state index in [0.29, 0.717) is 6.04 Å². The molecule has 1 aromatic rings. The SMILES string of the molecule is CN1CCC(CNC2CCSc3c(F)cccc32)CC1. The summed E-state index contributed by atoms with van der Waals surface area (Å²) in [6, 6.07) is 5.83. The summed E-state index contributed by atoms with van der Waals surface area (Å²) >= 11 is 1.66. The highest BCUT2D eigenvalue weighted by molar-refractivity contribution is 7.99. The van der Waals surface area contributed by atoms with Crippen molar-refractivity contribution >= 4 is 11.8 Å². The lowest BCUT2D eigenvalue weighted by Crippen LogP contribution is -2.36. The van der Waals surface area contributed by atoms with Crippen molar-refractivity contribution in [3.05, 3.63) is 29.6 Å². The van der Waals surface area contributed by atoms with Gasteiger partial charge >= 0.3 is 0 Å². The molecule has 2 heterocycles. The van der Waals surface area contributed by atoms with Crippen LogP contribution in [0.1, 0.15) is 30.9 Å². The van der Waals surface area contributed by atoms with Gasteiger partial charge in [-0.2, -0.15) is 0 Å². The van der Waals surface area contributed by atoms with Crippen molar-refractivity contribution in [2.75, 3.05) is 32.4 Å². The normalized spacial score (nSPS) is 24.6. The smallest absolute Gasteiger partial charge is 0.137 e. The maximum Gasteiger partial charge on any atom is 0.137 e. The quantitative estimate of drug-likeness (QED) is 0.921. The highest BCUT2D eigenvalue weighted by atomic mass is 32.2. The van der Waals surface area contributed by atoms with Crippen molar-refractivity contribution < 1.29 is 4.39 Å². The fraction of sp³-hybridized carbons (Fsp3) is 0.625. The van der Waals surface area contributed by atoms with Gasteiger partial charge in [0.2, 0.25) is 0 Å². The van der Waals surface area contributed by atoms with E-state index in [1.165, 1.54) is 25.9 Å². The Morgan fingerprint density at radius 1 is 1.30 bits per heavy atom. The van der Waals surface area contributed by atoms with E-state index in [9.17, 15) is 4.39 Å². The number of likely N-dealkylation sites (tertiary alicyclic amines) is 1. The Labute approximate surface area is 125 Å². The molecule has 2 aliphatic rings. The number of benzene rings is 1. The maximum atomic E-state index is 13.8. The minimum atomic E-state index is -0.0571. The number of nitrogens with zero attached hydrogens (tertiary/aromatic N) is 1. The average molecular weight is 294 g/mol. The molecule has 1 atom stereocenters. The van der Waals surface area contributed by atoms with E-state index in [-0.39, 0.29) is 5.82 Å². The molecule has 4 heteroatoms. The summed E-state index contributed by atoms with van der Waals surface area (Å²) in [6.45, 7) is 3.48. The summed E-state index contributed by atoms with van der Waals surface area (Å²) in [5.41, 5.74) is 1.16. The van der Waals surface area contributed by atoms with Crippen molar-refractivity contribution in [1.82, 2.24) is 10.2 Å². The van der Waals surface area contributed by atoms with Crippen LogP contribution in [0.4, 0.5) is 4.39 Å². The van der Waals surface area contributed by atoms with Crippen LogP contribution in [-0.2, 0) is 0 Å². The molecule has 0 aromatic heterocycles. The third-order valence-corrected chi connectivity index (χ3v) is 5.68. The minimum Gasteiger partial charge on any atom is -0.310 e. The zero-order chi connectivity index (χ0) is 13.9. The summed E-state index contributed by atoms with van der Waals surface area (Å²) < 4.78 is 13.8. The van der Waals surface area contributed by atoms with E-state index in [0.717, 1.165) is 35.1 Å². The third-order valence-electron chi connectivity index (χ3n) is 4.52. The molecule has 20 heavy (non-hydrogen) atoms. The molecule has 0 saturated carbocycles. The first-order valence-corrected chi connectivity index (χ1v) is 8.55. The van der Waals surface area contributed by atoms with Gasteiger partial charge in [-0.05, 0) is 69.2 Å². The van der Waals surface area contributed by atoms with Crippen LogP contribution in [0, 0.1) is 11.7 Å². The zero-order valence-corrected chi connectivity index (χ0v) is 12.9. The summed E-state index contributed by atoms with van der Waals surface area (Å²) in [7, 11) is 2.20. The molecule has 2 nitrogen and oxygen atoms in total. The van der Waals surface area contributed by atoms with E-state index in [1.807, 2.05) is 6.07 Å². The van der Waals surface area contributed by atoms with Crippen LogP contribution in [0.25, 0.3) is 0 Å². The predicted molar refractivity (Wildman–Crippen MR) is 82.7 cm³/mol. The lowest BCUT2D eigenvalue weighted by atomic mass is 9.95. The van der Waals surface area contributed by atoms with E-state index >= 15 is 0 Å². The van der Waals surface area contributed by atoms with E-state index in [4.69, 9.17) is 0 Å². The lowest BCUT2D eigenvalue weighted by molar-refractivity contribution is 0.212. The van der Waals surface area contributed by atoms with Gasteiger partial charge < -0.3 is 10.2 Å². The molecule has 1 N–H and O–H groups in total. The number of hydrogen-bond donors (Lipinski definition) is 1. The third kappa shape index (κ3) is 3.18. The zero-order valence-electron chi connectivity index (χ0n) is 12.1. The molecule has 0 bridgehead atoms. The van der Waals surface area contributed by atoms with Crippen LogP contribution in [0.5, 0.6) is 0 Å². The highest BCUT2D eigenvalue weighted by Gasteiger charge is 2.24. The molecule has 0 aliphatic carbocycles. The monoisotopic (exact) mass is 294 g/mol. The Bertz CT molecular complexity index is 458. The van der Waals surface area contributed by atoms with Gasteiger partial charge in [0.15, 0.2) is 0 Å². The van der Waals surface area contributed by atoms with Gasteiger partial charge in [0.05, 0.1) is 0 Å². The van der Waals surface area contributed by atoms with Gasteiger partial charge in [-0.15, -0.1) is 11.8 Å². The Hall–Kier alpha value is -0.580. The summed E-state index contributed by atoms with van der Waals surface area (Å²) in [5, 5.41) is 3.69. The van der Waals surface area contributed by atoms with Crippen molar-refractivity contribution in [2.24, 2.45) is 5.92 Å². The van der Waals surface area contributed by atoms with E-state index in [1.54, 1.807) is 17.8 Å². The van der Waals surface area contributed by atoms with Crippen molar-refractivity contribution in [1.29, 1.82) is 0 Å². The number of thioether (sulfide) groups is 1. The van der Waals surface area contributed by atoms with Crippen LogP contribution in [0.15, 0.2) is 23.1 Å². The maximum absolute atomic E-state index is 13.8. The number of halogens is 1. The Balaban J connectivity index is 1.61. The van der Waals surface area contributed by atoms with Crippen LogP contribution in [0.2, 0.25) is 0 Å². The standard InChI is InChI=1S/C16H23FN2S/c1-19-8-5-12(6-9-19)11-18-15-7-10-20-16-13(15)3-2-4-14(16)17/h2-4,12,15,18H,5-11H2,1H3. The molecular weight excluding hydrogens is 271 g/mol. The molecule has 1 saturated heterocycles. The van der Waals surface area contributed by atoms with E-state index < -0.39 is 0 Å². The van der Waals surface area contributed by atoms with Gasteiger partial charge in [0.25, 0.3) is 0 Å². The van der Waals surface area contributed by atoms with Crippen molar-refractivity contribution in [3.8, 4) is 0 Å². The largest absolute Gasteiger partial charge is 0.310 e. The first-order chi connectivity index (χ1) is 9.74. The van der Waals surface area contributed by atoms with Crippen molar-refractivity contribution in [2.45, 2.75) is 30.2 Å². The fourth-order valence-corrected chi connectivity index (χ4v) is 4.31. The van der Waals surface area contributed by atoms with Crippen LogP contribution in [0.3, 0.4) is 0 Å². The van der Waals surface area contributed by atoms with Gasteiger partial charge in [-0.1, -0.05) is 12.1 Å². The molecular formula is C16H23FN2S. The Morgan fingerprint density at radius 3 is 2.90 bits per heavy atom. The molecule has 1 unspecified atom stereocenters. The summed E-state index contributed by atoms with van der Waals surface area (Å²) in [6.07, 6.45) is 3.66. The average Bonchev–Trinajstić information content (AvgIpc) is 2.47. The molecule has 3 rings (SSSR count). The first-order valence-electron chi connectivity index (χ1n) is 7.57. The fourth-order valence-electron chi connectivity index (χ4n) is 3.17. The Kier molecular flexibility index (Phi) is 4.64.